The van der Waals surface area contributed by atoms with Crippen molar-refractivity contribution in [1.29, 1.82) is 0 Å². The highest BCUT2D eigenvalue weighted by molar-refractivity contribution is 6.00. The van der Waals surface area contributed by atoms with Gasteiger partial charge in [0.25, 0.3) is 0 Å². The molecule has 0 saturated heterocycles. The maximum Gasteiger partial charge on any atom is 0.0893 e. The van der Waals surface area contributed by atoms with Crippen molar-refractivity contribution in [1.82, 2.24) is 0 Å². The first-order valence-corrected chi connectivity index (χ1v) is 8.72. The van der Waals surface area contributed by atoms with E-state index in [1.165, 1.54) is 44.9 Å². The van der Waals surface area contributed by atoms with Crippen molar-refractivity contribution < 1.29 is 10.3 Å². The fourth-order valence-electron chi connectivity index (χ4n) is 2.69. The number of nitrogens with zero attached hydrogens (tertiary/aromatic N) is 1. The number of hydrogen-bond acceptors (Lipinski definition) is 3. The van der Waals surface area contributed by atoms with Crippen LogP contribution in [0.1, 0.15) is 76.7 Å². The van der Waals surface area contributed by atoms with Gasteiger partial charge < -0.3 is 10.3 Å². The van der Waals surface area contributed by atoms with Crippen LogP contribution in [0.4, 0.5) is 0 Å². The molecule has 0 aliphatic carbocycles. The fraction of sp³-hybridized carbons (Fsp3) is 0.632. The zero-order chi connectivity index (χ0) is 16.0. The van der Waals surface area contributed by atoms with Gasteiger partial charge in [0, 0.05) is 6.42 Å². The van der Waals surface area contributed by atoms with Gasteiger partial charge in [0.1, 0.15) is 0 Å². The Morgan fingerprint density at radius 2 is 1.55 bits per heavy atom. The van der Waals surface area contributed by atoms with Crippen LogP contribution < -0.4 is 0 Å². The molecule has 0 saturated carbocycles. The number of aliphatic hydroxyl groups is 1. The number of oxime groups is 1. The summed E-state index contributed by atoms with van der Waals surface area (Å²) in [7, 11) is 0. The lowest BCUT2D eigenvalue weighted by Crippen LogP contribution is -2.14. The van der Waals surface area contributed by atoms with Crippen molar-refractivity contribution in [2.75, 3.05) is 0 Å². The van der Waals surface area contributed by atoms with Crippen LogP contribution in [0.3, 0.4) is 0 Å². The van der Waals surface area contributed by atoms with Crippen LogP contribution in [0.15, 0.2) is 35.5 Å². The van der Waals surface area contributed by atoms with Gasteiger partial charge in [-0.05, 0) is 12.0 Å². The van der Waals surface area contributed by atoms with Gasteiger partial charge in [0.2, 0.25) is 0 Å². The molecule has 0 aromatic heterocycles. The molecule has 22 heavy (non-hydrogen) atoms. The van der Waals surface area contributed by atoms with E-state index in [9.17, 15) is 5.11 Å². The van der Waals surface area contributed by atoms with Crippen molar-refractivity contribution in [3.05, 3.63) is 35.9 Å². The predicted octanol–water partition coefficient (Wildman–Crippen LogP) is 5.15. The molecule has 1 atom stereocenters. The Balaban J connectivity index is 2.14. The van der Waals surface area contributed by atoms with Crippen molar-refractivity contribution in [3.63, 3.8) is 0 Å². The van der Waals surface area contributed by atoms with Crippen LogP contribution in [0.25, 0.3) is 0 Å². The van der Waals surface area contributed by atoms with E-state index in [0.29, 0.717) is 12.1 Å². The van der Waals surface area contributed by atoms with E-state index in [4.69, 9.17) is 5.21 Å². The summed E-state index contributed by atoms with van der Waals surface area (Å²) in [4.78, 5) is 0. The van der Waals surface area contributed by atoms with Crippen molar-refractivity contribution in [2.45, 2.75) is 77.2 Å². The van der Waals surface area contributed by atoms with Crippen LogP contribution in [-0.2, 0) is 0 Å². The van der Waals surface area contributed by atoms with E-state index in [0.717, 1.165) is 18.4 Å². The van der Waals surface area contributed by atoms with Gasteiger partial charge >= 0.3 is 0 Å². The number of hydrogen-bond donors (Lipinski definition) is 2. The Kier molecular flexibility index (Phi) is 10.4. The molecule has 3 nitrogen and oxygen atoms in total. The molecule has 3 heteroatoms. The molecule has 0 bridgehead atoms. The van der Waals surface area contributed by atoms with Crippen LogP contribution in [0.5, 0.6) is 0 Å². The molecule has 0 amide bonds. The second-order valence-electron chi connectivity index (χ2n) is 6.03. The van der Waals surface area contributed by atoms with Gasteiger partial charge in [0.05, 0.1) is 11.8 Å². The third-order valence-electron chi connectivity index (χ3n) is 4.05. The molecule has 0 spiro atoms. The van der Waals surface area contributed by atoms with Crippen molar-refractivity contribution in [3.8, 4) is 0 Å². The van der Waals surface area contributed by atoms with Gasteiger partial charge in [0.15, 0.2) is 0 Å². The zero-order valence-electron chi connectivity index (χ0n) is 13.9. The molecule has 1 unspecified atom stereocenters. The lowest BCUT2D eigenvalue weighted by Gasteiger charge is -2.11. The van der Waals surface area contributed by atoms with E-state index in [-0.39, 0.29) is 0 Å². The molecular weight excluding hydrogens is 274 g/mol. The molecule has 2 N–H and O–H groups in total. The molecule has 124 valence electrons. The number of rotatable bonds is 12. The summed E-state index contributed by atoms with van der Waals surface area (Å²) >= 11 is 0. The van der Waals surface area contributed by atoms with Gasteiger partial charge in [-0.25, -0.2) is 0 Å². The standard InChI is InChI=1S/C19H31NO2/c1-2-3-4-5-6-7-8-12-15-18(21)16-19(20-22)17-13-10-9-11-14-17/h9-11,13-14,18,21-22H,2-8,12,15-16H2,1H3. The minimum atomic E-state index is -0.425. The first-order valence-electron chi connectivity index (χ1n) is 8.72. The molecule has 0 radical (unpaired) electrons. The molecule has 0 fully saturated rings. The summed E-state index contributed by atoms with van der Waals surface area (Å²) in [5.41, 5.74) is 1.44. The number of benzene rings is 1. The van der Waals surface area contributed by atoms with Gasteiger partial charge in [-0.3, -0.25) is 0 Å². The van der Waals surface area contributed by atoms with Gasteiger partial charge in [-0.1, -0.05) is 93.8 Å². The summed E-state index contributed by atoms with van der Waals surface area (Å²) in [6.07, 6.45) is 10.9. The zero-order valence-corrected chi connectivity index (χ0v) is 13.9. The topological polar surface area (TPSA) is 52.8 Å². The average Bonchev–Trinajstić information content (AvgIpc) is 2.56. The normalized spacial score (nSPS) is 13.3. The predicted molar refractivity (Wildman–Crippen MR) is 92.6 cm³/mol. The number of unbranched alkanes of at least 4 members (excludes halogenated alkanes) is 7. The first-order chi connectivity index (χ1) is 10.8. The van der Waals surface area contributed by atoms with Gasteiger partial charge in [-0.2, -0.15) is 0 Å². The minimum Gasteiger partial charge on any atom is -0.411 e. The molecule has 1 aromatic rings. The second kappa shape index (κ2) is 12.2. The van der Waals surface area contributed by atoms with E-state index < -0.39 is 6.10 Å². The van der Waals surface area contributed by atoms with Crippen molar-refractivity contribution in [2.24, 2.45) is 5.16 Å². The Morgan fingerprint density at radius 1 is 0.955 bits per heavy atom. The maximum absolute atomic E-state index is 10.1. The molecule has 0 aliphatic rings. The molecule has 0 aliphatic heterocycles. The Morgan fingerprint density at radius 3 is 2.14 bits per heavy atom. The van der Waals surface area contributed by atoms with Crippen LogP contribution >= 0.6 is 0 Å². The maximum atomic E-state index is 10.1. The summed E-state index contributed by atoms with van der Waals surface area (Å²) in [6, 6.07) is 9.54. The highest BCUT2D eigenvalue weighted by Crippen LogP contribution is 2.14. The molecule has 1 aromatic carbocycles. The SMILES string of the molecule is CCCCCCCCCCC(O)CC(=NO)c1ccccc1. The third kappa shape index (κ3) is 8.18. The number of aliphatic hydroxyl groups excluding tert-OH is 1. The van der Waals surface area contributed by atoms with E-state index in [1.54, 1.807) is 0 Å². The van der Waals surface area contributed by atoms with E-state index >= 15 is 0 Å². The highest BCUT2D eigenvalue weighted by atomic mass is 16.4. The first kappa shape index (κ1) is 18.7. The Labute approximate surface area is 135 Å². The average molecular weight is 305 g/mol. The van der Waals surface area contributed by atoms with Gasteiger partial charge in [-0.15, -0.1) is 0 Å². The monoisotopic (exact) mass is 305 g/mol. The summed E-state index contributed by atoms with van der Waals surface area (Å²) in [6.45, 7) is 2.24. The third-order valence-corrected chi connectivity index (χ3v) is 4.05. The van der Waals surface area contributed by atoms with Crippen LogP contribution in [0, 0.1) is 0 Å². The van der Waals surface area contributed by atoms with Crippen LogP contribution in [-0.4, -0.2) is 22.1 Å². The largest absolute Gasteiger partial charge is 0.411 e. The van der Waals surface area contributed by atoms with E-state index in [1.807, 2.05) is 30.3 Å². The Hall–Kier alpha value is -1.35. The Bertz CT molecular complexity index is 403. The van der Waals surface area contributed by atoms with Crippen molar-refractivity contribution >= 4 is 5.71 Å². The second-order valence-corrected chi connectivity index (χ2v) is 6.03. The summed E-state index contributed by atoms with van der Waals surface area (Å²) in [5, 5.41) is 22.6. The molecular formula is C19H31NO2. The van der Waals surface area contributed by atoms with E-state index in [2.05, 4.69) is 12.1 Å². The molecule has 0 heterocycles. The minimum absolute atomic E-state index is 0.414. The lowest BCUT2D eigenvalue weighted by molar-refractivity contribution is 0.167. The highest BCUT2D eigenvalue weighted by Gasteiger charge is 2.11. The smallest absolute Gasteiger partial charge is 0.0893 e. The molecule has 1 rings (SSSR count). The fourth-order valence-corrected chi connectivity index (χ4v) is 2.69. The lowest BCUT2D eigenvalue weighted by atomic mass is 10.00. The quantitative estimate of drug-likeness (QED) is 0.243. The van der Waals surface area contributed by atoms with Crippen LogP contribution in [0.2, 0.25) is 0 Å². The summed E-state index contributed by atoms with van der Waals surface area (Å²) < 4.78 is 0. The summed E-state index contributed by atoms with van der Waals surface area (Å²) in [5.74, 6) is 0.